The molecule has 3 aliphatic heterocycles. The maximum Gasteiger partial charge on any atom is 0.338 e. The number of fused-ring (bicyclic) bond motifs is 2. The van der Waals surface area contributed by atoms with Gasteiger partial charge in [-0.25, -0.2) is 4.79 Å². The molecule has 1 aromatic rings. The molecule has 8 heteroatoms. The minimum atomic E-state index is -1.39. The highest BCUT2D eigenvalue weighted by Crippen LogP contribution is 2.35. The van der Waals surface area contributed by atoms with Gasteiger partial charge in [-0.1, -0.05) is 30.3 Å². The number of hydrogen-bond donors (Lipinski definition) is 1. The molecule has 3 aliphatic rings. The van der Waals surface area contributed by atoms with Crippen molar-refractivity contribution in [2.75, 3.05) is 20.3 Å². The molecule has 2 saturated heterocycles. The SMILES string of the molecule is COC(=O)C1=CN2C[C@@H]3OCC[C@@H](C)N3C(=O)C2=C(OCc2ccccc2)C1O. The zero-order valence-corrected chi connectivity index (χ0v) is 16.4. The van der Waals surface area contributed by atoms with Crippen LogP contribution in [0.3, 0.4) is 0 Å². The van der Waals surface area contributed by atoms with E-state index in [2.05, 4.69) is 0 Å². The standard InChI is InChI=1S/C21H24N2O6/c1-13-8-9-28-16-11-22-10-15(21(26)27-2)18(24)19(17(22)20(25)23(13)16)29-12-14-6-4-3-5-7-14/h3-7,10,13,16,18,24H,8-9,11-12H2,1-2H3/t13-,16+,18?/m1/s1. The van der Waals surface area contributed by atoms with Gasteiger partial charge in [-0.05, 0) is 18.9 Å². The van der Waals surface area contributed by atoms with Gasteiger partial charge in [0.2, 0.25) is 0 Å². The van der Waals surface area contributed by atoms with Crippen LogP contribution in [0.25, 0.3) is 0 Å². The Kier molecular flexibility index (Phi) is 5.29. The third-order valence-corrected chi connectivity index (χ3v) is 5.44. The number of carbonyl (C=O) groups excluding carboxylic acids is 2. The van der Waals surface area contributed by atoms with E-state index in [0.717, 1.165) is 12.0 Å². The summed E-state index contributed by atoms with van der Waals surface area (Å²) in [6.07, 6.45) is 0.385. The molecule has 0 bridgehead atoms. The Bertz CT molecular complexity index is 865. The normalized spacial score (nSPS) is 26.5. The Hall–Kier alpha value is -2.84. The van der Waals surface area contributed by atoms with Crippen LogP contribution in [0.5, 0.6) is 0 Å². The number of amides is 1. The average molecular weight is 400 g/mol. The number of aliphatic hydroxyl groups excluding tert-OH is 1. The summed E-state index contributed by atoms with van der Waals surface area (Å²) >= 11 is 0. The lowest BCUT2D eigenvalue weighted by atomic mass is 9.99. The van der Waals surface area contributed by atoms with Crippen LogP contribution in [0.4, 0.5) is 0 Å². The highest BCUT2D eigenvalue weighted by atomic mass is 16.5. The molecule has 1 aromatic carbocycles. The number of nitrogens with zero attached hydrogens (tertiary/aromatic N) is 2. The monoisotopic (exact) mass is 400 g/mol. The zero-order valence-electron chi connectivity index (χ0n) is 16.4. The molecule has 0 aliphatic carbocycles. The topological polar surface area (TPSA) is 88.5 Å². The molecule has 0 saturated carbocycles. The average Bonchev–Trinajstić information content (AvgIpc) is 2.73. The van der Waals surface area contributed by atoms with E-state index in [1.807, 2.05) is 37.3 Å². The maximum atomic E-state index is 13.3. The lowest BCUT2D eigenvalue weighted by Gasteiger charge is -2.48. The Morgan fingerprint density at radius 2 is 2.07 bits per heavy atom. The van der Waals surface area contributed by atoms with Gasteiger partial charge in [-0.2, -0.15) is 0 Å². The molecular weight excluding hydrogens is 376 g/mol. The molecule has 0 aromatic heterocycles. The van der Waals surface area contributed by atoms with Crippen LogP contribution in [0.15, 0.2) is 53.6 Å². The number of rotatable bonds is 4. The van der Waals surface area contributed by atoms with Crippen LogP contribution in [-0.4, -0.2) is 65.4 Å². The third kappa shape index (κ3) is 3.49. The van der Waals surface area contributed by atoms with Gasteiger partial charge in [0, 0.05) is 12.2 Å². The molecule has 8 nitrogen and oxygen atoms in total. The molecule has 29 heavy (non-hydrogen) atoms. The van der Waals surface area contributed by atoms with Crippen molar-refractivity contribution in [2.45, 2.75) is 38.3 Å². The fourth-order valence-corrected chi connectivity index (χ4v) is 3.89. The van der Waals surface area contributed by atoms with E-state index in [0.29, 0.717) is 13.2 Å². The molecule has 2 fully saturated rings. The molecule has 1 N–H and O–H groups in total. The zero-order chi connectivity index (χ0) is 20.5. The molecule has 0 spiro atoms. The number of carbonyl (C=O) groups is 2. The second-order valence-electron chi connectivity index (χ2n) is 7.29. The molecule has 1 unspecified atom stereocenters. The molecule has 3 atom stereocenters. The number of hydrogen-bond acceptors (Lipinski definition) is 7. The van der Waals surface area contributed by atoms with Crippen molar-refractivity contribution >= 4 is 11.9 Å². The fraction of sp³-hybridized carbons (Fsp3) is 0.429. The number of piperazine rings is 1. The Morgan fingerprint density at radius 1 is 1.31 bits per heavy atom. The van der Waals surface area contributed by atoms with Crippen LogP contribution in [0.2, 0.25) is 0 Å². The van der Waals surface area contributed by atoms with E-state index in [1.54, 1.807) is 9.80 Å². The lowest BCUT2D eigenvalue weighted by molar-refractivity contribution is -0.171. The van der Waals surface area contributed by atoms with Crippen molar-refractivity contribution in [3.63, 3.8) is 0 Å². The highest BCUT2D eigenvalue weighted by molar-refractivity contribution is 5.98. The quantitative estimate of drug-likeness (QED) is 0.758. The maximum absolute atomic E-state index is 13.3. The largest absolute Gasteiger partial charge is 0.488 e. The number of benzene rings is 1. The van der Waals surface area contributed by atoms with Crippen LogP contribution >= 0.6 is 0 Å². The van der Waals surface area contributed by atoms with Crippen molar-refractivity contribution in [1.29, 1.82) is 0 Å². The van der Waals surface area contributed by atoms with Crippen molar-refractivity contribution < 1.29 is 28.9 Å². The number of methoxy groups -OCH3 is 1. The predicted octanol–water partition coefficient (Wildman–Crippen LogP) is 1.13. The van der Waals surface area contributed by atoms with E-state index >= 15 is 0 Å². The van der Waals surface area contributed by atoms with Crippen molar-refractivity contribution in [2.24, 2.45) is 0 Å². The smallest absolute Gasteiger partial charge is 0.338 e. The van der Waals surface area contributed by atoms with Gasteiger partial charge < -0.3 is 29.1 Å². The Morgan fingerprint density at radius 3 is 2.79 bits per heavy atom. The molecule has 0 radical (unpaired) electrons. The summed E-state index contributed by atoms with van der Waals surface area (Å²) in [6.45, 7) is 3.04. The summed E-state index contributed by atoms with van der Waals surface area (Å²) < 4.78 is 16.5. The lowest BCUT2D eigenvalue weighted by Crippen LogP contribution is -2.61. The molecule has 154 valence electrons. The van der Waals surface area contributed by atoms with Gasteiger partial charge >= 0.3 is 5.97 Å². The first kappa shape index (κ1) is 19.5. The summed E-state index contributed by atoms with van der Waals surface area (Å²) in [7, 11) is 1.24. The van der Waals surface area contributed by atoms with Gasteiger partial charge in [0.05, 0.1) is 25.8 Å². The van der Waals surface area contributed by atoms with Crippen molar-refractivity contribution in [3.05, 3.63) is 59.1 Å². The van der Waals surface area contributed by atoms with E-state index in [-0.39, 0.29) is 35.6 Å². The minimum Gasteiger partial charge on any atom is -0.488 e. The van der Waals surface area contributed by atoms with E-state index in [1.165, 1.54) is 13.3 Å². The minimum absolute atomic E-state index is 0.00870. The van der Waals surface area contributed by atoms with Crippen LogP contribution in [-0.2, 0) is 30.4 Å². The number of ether oxygens (including phenoxy) is 3. The predicted molar refractivity (Wildman–Crippen MR) is 102 cm³/mol. The first-order chi connectivity index (χ1) is 14.0. The molecular formula is C21H24N2O6. The second-order valence-corrected chi connectivity index (χ2v) is 7.29. The van der Waals surface area contributed by atoms with Gasteiger partial charge in [0.25, 0.3) is 5.91 Å². The summed E-state index contributed by atoms with van der Waals surface area (Å²) in [5.74, 6) is -0.904. The van der Waals surface area contributed by atoms with Crippen molar-refractivity contribution in [1.82, 2.24) is 9.80 Å². The van der Waals surface area contributed by atoms with Crippen LogP contribution < -0.4 is 0 Å². The van der Waals surface area contributed by atoms with Crippen molar-refractivity contribution in [3.8, 4) is 0 Å². The van der Waals surface area contributed by atoms with Gasteiger partial charge in [0.15, 0.2) is 12.0 Å². The van der Waals surface area contributed by atoms with E-state index < -0.39 is 18.3 Å². The molecule has 4 rings (SSSR count). The highest BCUT2D eigenvalue weighted by Gasteiger charge is 2.47. The molecule has 3 heterocycles. The third-order valence-electron chi connectivity index (χ3n) is 5.44. The number of esters is 1. The van der Waals surface area contributed by atoms with E-state index in [4.69, 9.17) is 14.2 Å². The van der Waals surface area contributed by atoms with Gasteiger partial charge in [-0.15, -0.1) is 0 Å². The summed E-state index contributed by atoms with van der Waals surface area (Å²) in [5, 5.41) is 10.8. The summed E-state index contributed by atoms with van der Waals surface area (Å²) in [4.78, 5) is 28.8. The van der Waals surface area contributed by atoms with Gasteiger partial charge in [-0.3, -0.25) is 4.79 Å². The van der Waals surface area contributed by atoms with Crippen LogP contribution in [0.1, 0.15) is 18.9 Å². The fourth-order valence-electron chi connectivity index (χ4n) is 3.89. The van der Waals surface area contributed by atoms with Crippen LogP contribution in [0, 0.1) is 0 Å². The second kappa shape index (κ2) is 7.88. The number of aliphatic hydroxyl groups is 1. The van der Waals surface area contributed by atoms with Gasteiger partial charge in [0.1, 0.15) is 18.4 Å². The Balaban J connectivity index is 1.71. The molecule has 1 amide bonds. The summed E-state index contributed by atoms with van der Waals surface area (Å²) in [6, 6.07) is 9.42. The Labute approximate surface area is 168 Å². The first-order valence-electron chi connectivity index (χ1n) is 9.61. The summed E-state index contributed by atoms with van der Waals surface area (Å²) in [5.41, 5.74) is 1.13. The first-order valence-corrected chi connectivity index (χ1v) is 9.61. The van der Waals surface area contributed by atoms with E-state index in [9.17, 15) is 14.7 Å².